The van der Waals surface area contributed by atoms with Crippen molar-refractivity contribution in [2.45, 2.75) is 0 Å². The Morgan fingerprint density at radius 1 is 1.19 bits per heavy atom. The van der Waals surface area contributed by atoms with E-state index >= 15 is 0 Å². The van der Waals surface area contributed by atoms with E-state index < -0.39 is 51.7 Å². The highest BCUT2D eigenvalue weighted by molar-refractivity contribution is 9.10. The Bertz CT molecular complexity index is 1170. The maximum Gasteiger partial charge on any atom is 0.294 e. The van der Waals surface area contributed by atoms with Crippen molar-refractivity contribution in [2.75, 3.05) is 11.9 Å². The minimum Gasteiger partial charge on any atom is -0.322 e. The molecule has 0 radical (unpaired) electrons. The van der Waals surface area contributed by atoms with Crippen molar-refractivity contribution < 1.29 is 32.5 Å². The fourth-order valence-corrected chi connectivity index (χ4v) is 3.73. The van der Waals surface area contributed by atoms with Gasteiger partial charge >= 0.3 is 0 Å². The molecule has 1 aliphatic heterocycles. The van der Waals surface area contributed by atoms with Crippen LogP contribution in [0, 0.1) is 27.6 Å². The second-order valence-electron chi connectivity index (χ2n) is 6.01. The number of benzene rings is 2. The van der Waals surface area contributed by atoms with Gasteiger partial charge in [0.15, 0.2) is 17.5 Å². The molecule has 0 aromatic heterocycles. The number of nitro groups is 1. The molecule has 1 N–H and O–H groups in total. The highest BCUT2D eigenvalue weighted by atomic mass is 79.9. The van der Waals surface area contributed by atoms with Crippen molar-refractivity contribution in [3.63, 3.8) is 0 Å². The molecule has 0 bridgehead atoms. The minimum absolute atomic E-state index is 0.0894. The van der Waals surface area contributed by atoms with Crippen LogP contribution in [-0.4, -0.2) is 33.4 Å². The summed E-state index contributed by atoms with van der Waals surface area (Å²) in [4.78, 5) is 47.5. The van der Waals surface area contributed by atoms with E-state index in [1.807, 2.05) is 5.32 Å². The monoisotopic (exact) mass is 515 g/mol. The highest BCUT2D eigenvalue weighted by Gasteiger charge is 2.36. The van der Waals surface area contributed by atoms with Crippen LogP contribution >= 0.6 is 27.7 Å². The van der Waals surface area contributed by atoms with Crippen molar-refractivity contribution in [1.29, 1.82) is 0 Å². The molecule has 0 unspecified atom stereocenters. The average Bonchev–Trinajstić information content (AvgIpc) is 2.97. The number of anilines is 1. The van der Waals surface area contributed by atoms with E-state index in [9.17, 15) is 37.7 Å². The third kappa shape index (κ3) is 4.77. The van der Waals surface area contributed by atoms with Gasteiger partial charge in [0, 0.05) is 6.07 Å². The van der Waals surface area contributed by atoms with Gasteiger partial charge in [0.1, 0.15) is 6.54 Å². The van der Waals surface area contributed by atoms with Gasteiger partial charge < -0.3 is 5.32 Å². The maximum atomic E-state index is 13.7. The van der Waals surface area contributed by atoms with Gasteiger partial charge in [0.25, 0.3) is 16.8 Å². The lowest BCUT2D eigenvalue weighted by molar-refractivity contribution is -0.385. The zero-order valence-corrected chi connectivity index (χ0v) is 17.4. The number of hydrogen-bond acceptors (Lipinski definition) is 6. The van der Waals surface area contributed by atoms with Gasteiger partial charge in [-0.15, -0.1) is 0 Å². The number of nitro benzene ring substituents is 1. The van der Waals surface area contributed by atoms with Gasteiger partial charge in [-0.1, -0.05) is 6.07 Å². The highest BCUT2D eigenvalue weighted by Crippen LogP contribution is 2.34. The molecular weight excluding hydrogens is 507 g/mol. The Kier molecular flexibility index (Phi) is 6.45. The largest absolute Gasteiger partial charge is 0.322 e. The molecule has 0 aliphatic carbocycles. The minimum atomic E-state index is -1.78. The first-order valence-electron chi connectivity index (χ1n) is 8.21. The fraction of sp³-hybridized carbons (Fsp3) is 0.0556. The van der Waals surface area contributed by atoms with Crippen LogP contribution in [0.4, 0.5) is 29.3 Å². The first-order valence-corrected chi connectivity index (χ1v) is 9.82. The summed E-state index contributed by atoms with van der Waals surface area (Å²) in [6.07, 6.45) is 1.25. The predicted octanol–water partition coefficient (Wildman–Crippen LogP) is 4.45. The van der Waals surface area contributed by atoms with Crippen LogP contribution in [0.5, 0.6) is 0 Å². The summed E-state index contributed by atoms with van der Waals surface area (Å²) in [5.74, 6) is -6.72. The topological polar surface area (TPSA) is 110 Å². The number of nitrogens with zero attached hydrogens (tertiary/aromatic N) is 2. The summed E-state index contributed by atoms with van der Waals surface area (Å²) in [5, 5.41) is 12.2. The van der Waals surface area contributed by atoms with Gasteiger partial charge in [-0.05, 0) is 57.5 Å². The average molecular weight is 516 g/mol. The number of imide groups is 1. The Labute approximate surface area is 184 Å². The van der Waals surface area contributed by atoms with Gasteiger partial charge in [0.05, 0.1) is 20.0 Å². The SMILES string of the molecule is O=C(CN1C(=O)S/C(=C\c2ccc(Br)c([N+](=O)[O-])c2)C1=O)Nc1ccc(F)c(F)c1F. The number of nitrogens with one attached hydrogen (secondary N) is 1. The van der Waals surface area contributed by atoms with Crippen LogP contribution in [0.25, 0.3) is 6.08 Å². The van der Waals surface area contributed by atoms with E-state index in [-0.39, 0.29) is 20.6 Å². The van der Waals surface area contributed by atoms with E-state index in [0.717, 1.165) is 6.07 Å². The number of halogens is 4. The zero-order chi connectivity index (χ0) is 22.9. The summed E-state index contributed by atoms with van der Waals surface area (Å²) < 4.78 is 40.1. The van der Waals surface area contributed by atoms with Crippen molar-refractivity contribution in [3.05, 3.63) is 72.8 Å². The lowest BCUT2D eigenvalue weighted by Crippen LogP contribution is -2.36. The van der Waals surface area contributed by atoms with Gasteiger partial charge in [-0.25, -0.2) is 13.2 Å². The van der Waals surface area contributed by atoms with Crippen molar-refractivity contribution >= 4 is 62.2 Å². The predicted molar refractivity (Wildman–Crippen MR) is 108 cm³/mol. The summed E-state index contributed by atoms with van der Waals surface area (Å²) in [7, 11) is 0. The number of carbonyl (C=O) groups excluding carboxylic acids is 3. The molecule has 1 fully saturated rings. The molecule has 3 amide bonds. The van der Waals surface area contributed by atoms with E-state index in [1.54, 1.807) is 0 Å². The quantitative estimate of drug-likeness (QED) is 0.272. The fourth-order valence-electron chi connectivity index (χ4n) is 2.50. The van der Waals surface area contributed by atoms with Crippen molar-refractivity contribution in [2.24, 2.45) is 0 Å². The standard InChI is InChI=1S/C18H9BrF3N3O5S/c19-9-2-1-8(5-12(9)25(29)30)6-13-17(27)24(18(28)31-13)7-14(26)23-11-4-3-10(20)15(21)16(11)22/h1-6H,7H2,(H,23,26)/b13-6-. The Balaban J connectivity index is 1.75. The van der Waals surface area contributed by atoms with E-state index in [1.165, 1.54) is 24.3 Å². The third-order valence-electron chi connectivity index (χ3n) is 3.95. The summed E-state index contributed by atoms with van der Waals surface area (Å²) in [5.41, 5.74) is -0.636. The molecule has 1 saturated heterocycles. The molecule has 8 nitrogen and oxygen atoms in total. The lowest BCUT2D eigenvalue weighted by Gasteiger charge is -2.13. The second kappa shape index (κ2) is 8.89. The molecular formula is C18H9BrF3N3O5S. The summed E-state index contributed by atoms with van der Waals surface area (Å²) >= 11 is 3.53. The van der Waals surface area contributed by atoms with E-state index in [0.29, 0.717) is 22.7 Å². The van der Waals surface area contributed by atoms with Crippen LogP contribution in [0.1, 0.15) is 5.56 Å². The van der Waals surface area contributed by atoms with Crippen LogP contribution in [0.2, 0.25) is 0 Å². The summed E-state index contributed by atoms with van der Waals surface area (Å²) in [6, 6.07) is 5.46. The molecule has 0 spiro atoms. The number of carbonyl (C=O) groups is 3. The molecule has 13 heteroatoms. The van der Waals surface area contributed by atoms with Gasteiger partial charge in [-0.3, -0.25) is 29.4 Å². The molecule has 2 aromatic carbocycles. The Morgan fingerprint density at radius 2 is 1.90 bits per heavy atom. The molecule has 3 rings (SSSR count). The molecule has 1 aliphatic rings. The van der Waals surface area contributed by atoms with Gasteiger partial charge in [-0.2, -0.15) is 0 Å². The van der Waals surface area contributed by atoms with Crippen LogP contribution in [-0.2, 0) is 9.59 Å². The molecule has 31 heavy (non-hydrogen) atoms. The number of rotatable bonds is 5. The number of amides is 3. The summed E-state index contributed by atoms with van der Waals surface area (Å²) in [6.45, 7) is -0.805. The Morgan fingerprint density at radius 3 is 2.58 bits per heavy atom. The first kappa shape index (κ1) is 22.5. The molecule has 0 saturated carbocycles. The Hall–Kier alpha value is -3.19. The first-order chi connectivity index (χ1) is 14.6. The maximum absolute atomic E-state index is 13.7. The lowest BCUT2D eigenvalue weighted by atomic mass is 10.2. The van der Waals surface area contributed by atoms with Crippen LogP contribution in [0.3, 0.4) is 0 Å². The second-order valence-corrected chi connectivity index (χ2v) is 7.85. The molecule has 160 valence electrons. The molecule has 0 atom stereocenters. The smallest absolute Gasteiger partial charge is 0.294 e. The molecule has 1 heterocycles. The number of hydrogen-bond donors (Lipinski definition) is 1. The van der Waals surface area contributed by atoms with Gasteiger partial charge in [0.2, 0.25) is 5.91 Å². The van der Waals surface area contributed by atoms with Crippen molar-refractivity contribution in [3.8, 4) is 0 Å². The zero-order valence-electron chi connectivity index (χ0n) is 15.0. The van der Waals surface area contributed by atoms with Crippen LogP contribution in [0.15, 0.2) is 39.7 Å². The number of thioether (sulfide) groups is 1. The van der Waals surface area contributed by atoms with E-state index in [2.05, 4.69) is 15.9 Å². The van der Waals surface area contributed by atoms with Crippen LogP contribution < -0.4 is 5.32 Å². The molecule has 2 aromatic rings. The van der Waals surface area contributed by atoms with E-state index in [4.69, 9.17) is 0 Å². The normalized spacial score (nSPS) is 15.0. The van der Waals surface area contributed by atoms with Crippen molar-refractivity contribution in [1.82, 2.24) is 4.90 Å². The third-order valence-corrected chi connectivity index (χ3v) is 5.53.